The van der Waals surface area contributed by atoms with Gasteiger partial charge in [0.05, 0.1) is 16.6 Å². The van der Waals surface area contributed by atoms with Gasteiger partial charge in [0.15, 0.2) is 0 Å². The normalized spacial score (nSPS) is 12.4. The summed E-state index contributed by atoms with van der Waals surface area (Å²) in [5, 5.41) is 8.27. The molecular formula is C29H16N2O. The van der Waals surface area contributed by atoms with Gasteiger partial charge in [0.25, 0.3) is 0 Å². The molecule has 32 heavy (non-hydrogen) atoms. The number of furan rings is 1. The van der Waals surface area contributed by atoms with Crippen LogP contribution in [-0.2, 0) is 0 Å². The summed E-state index contributed by atoms with van der Waals surface area (Å²) in [6, 6.07) is 34.1. The van der Waals surface area contributed by atoms with E-state index in [2.05, 4.69) is 89.3 Å². The van der Waals surface area contributed by atoms with E-state index in [0.717, 1.165) is 44.1 Å². The van der Waals surface area contributed by atoms with Crippen molar-refractivity contribution in [1.82, 2.24) is 9.38 Å². The van der Waals surface area contributed by atoms with Gasteiger partial charge in [0, 0.05) is 21.5 Å². The van der Waals surface area contributed by atoms with Gasteiger partial charge in [-0.25, -0.2) is 4.98 Å². The molecule has 0 fully saturated rings. The molecule has 0 aliphatic heterocycles. The van der Waals surface area contributed by atoms with Gasteiger partial charge in [-0.05, 0) is 46.5 Å². The molecule has 148 valence electrons. The third kappa shape index (κ3) is 1.94. The van der Waals surface area contributed by atoms with Crippen LogP contribution in [0.5, 0.6) is 0 Å². The van der Waals surface area contributed by atoms with Crippen LogP contribution in [0.15, 0.2) is 101 Å². The SMILES string of the molecule is c1ccc2c(c1)ccc1c3cc4oc5ccccc5c4cc3n3c4ccccc4nc3c21. The Balaban J connectivity index is 1.75. The lowest BCUT2D eigenvalue weighted by Crippen LogP contribution is -1.92. The summed E-state index contributed by atoms with van der Waals surface area (Å²) in [5.74, 6) is 0. The molecule has 3 aromatic heterocycles. The third-order valence-corrected chi connectivity index (χ3v) is 6.74. The monoisotopic (exact) mass is 408 g/mol. The average Bonchev–Trinajstić information content (AvgIpc) is 3.41. The van der Waals surface area contributed by atoms with Crippen LogP contribution in [0.1, 0.15) is 0 Å². The highest BCUT2D eigenvalue weighted by molar-refractivity contribution is 6.25. The van der Waals surface area contributed by atoms with Gasteiger partial charge in [-0.3, -0.25) is 4.40 Å². The fourth-order valence-electron chi connectivity index (χ4n) is 5.34. The first kappa shape index (κ1) is 16.3. The number of rotatable bonds is 0. The minimum atomic E-state index is 0.914. The van der Waals surface area contributed by atoms with E-state index in [9.17, 15) is 0 Å². The lowest BCUT2D eigenvalue weighted by molar-refractivity contribution is 0.669. The molecule has 8 rings (SSSR count). The molecule has 0 radical (unpaired) electrons. The van der Waals surface area contributed by atoms with Crippen LogP contribution in [0.25, 0.3) is 71.1 Å². The van der Waals surface area contributed by atoms with Crippen LogP contribution < -0.4 is 0 Å². The van der Waals surface area contributed by atoms with Crippen molar-refractivity contribution in [3.05, 3.63) is 97.1 Å². The zero-order valence-electron chi connectivity index (χ0n) is 17.0. The van der Waals surface area contributed by atoms with Crippen molar-refractivity contribution in [1.29, 1.82) is 0 Å². The molecule has 8 aromatic rings. The van der Waals surface area contributed by atoms with E-state index in [-0.39, 0.29) is 0 Å². The Bertz CT molecular complexity index is 2040. The van der Waals surface area contributed by atoms with E-state index in [1.54, 1.807) is 0 Å². The van der Waals surface area contributed by atoms with E-state index in [4.69, 9.17) is 9.40 Å². The second-order valence-corrected chi connectivity index (χ2v) is 8.43. The maximum Gasteiger partial charge on any atom is 0.147 e. The molecule has 3 heteroatoms. The van der Waals surface area contributed by atoms with Gasteiger partial charge in [0.2, 0.25) is 0 Å². The number of nitrogens with zero attached hydrogens (tertiary/aromatic N) is 2. The van der Waals surface area contributed by atoms with Crippen molar-refractivity contribution in [2.75, 3.05) is 0 Å². The lowest BCUT2D eigenvalue weighted by Gasteiger charge is -2.11. The molecule has 0 aliphatic rings. The van der Waals surface area contributed by atoms with Crippen molar-refractivity contribution < 1.29 is 4.42 Å². The first-order valence-corrected chi connectivity index (χ1v) is 10.8. The molecule has 0 saturated heterocycles. The third-order valence-electron chi connectivity index (χ3n) is 6.74. The summed E-state index contributed by atoms with van der Waals surface area (Å²) in [5.41, 5.74) is 6.10. The summed E-state index contributed by atoms with van der Waals surface area (Å²) >= 11 is 0. The molecule has 3 nitrogen and oxygen atoms in total. The molecule has 0 N–H and O–H groups in total. The maximum atomic E-state index is 6.25. The van der Waals surface area contributed by atoms with Crippen molar-refractivity contribution in [2.24, 2.45) is 0 Å². The summed E-state index contributed by atoms with van der Waals surface area (Å²) in [4.78, 5) is 5.11. The fourth-order valence-corrected chi connectivity index (χ4v) is 5.34. The Morgan fingerprint density at radius 3 is 2.34 bits per heavy atom. The Labute approximate surface area is 182 Å². The first-order valence-electron chi connectivity index (χ1n) is 10.8. The number of hydrogen-bond acceptors (Lipinski definition) is 2. The smallest absolute Gasteiger partial charge is 0.147 e. The number of pyridine rings is 1. The largest absolute Gasteiger partial charge is 0.456 e. The molecule has 3 heterocycles. The molecule has 0 aliphatic carbocycles. The first-order chi connectivity index (χ1) is 15.9. The van der Waals surface area contributed by atoms with Gasteiger partial charge < -0.3 is 4.42 Å². The predicted octanol–water partition coefficient (Wildman–Crippen LogP) is 7.85. The van der Waals surface area contributed by atoms with E-state index in [1.807, 2.05) is 12.1 Å². The molecule has 0 amide bonds. The summed E-state index contributed by atoms with van der Waals surface area (Å²) in [7, 11) is 0. The van der Waals surface area contributed by atoms with Crippen LogP contribution in [0.4, 0.5) is 0 Å². The minimum absolute atomic E-state index is 0.914. The molecule has 0 bridgehead atoms. The topological polar surface area (TPSA) is 30.4 Å². The Hall–Kier alpha value is -4.37. The number of fused-ring (bicyclic) bond motifs is 13. The predicted molar refractivity (Wildman–Crippen MR) is 132 cm³/mol. The number of hydrogen-bond donors (Lipinski definition) is 0. The second kappa shape index (κ2) is 5.65. The van der Waals surface area contributed by atoms with Crippen LogP contribution in [0, 0.1) is 0 Å². The van der Waals surface area contributed by atoms with Crippen molar-refractivity contribution in [2.45, 2.75) is 0 Å². The Morgan fingerprint density at radius 2 is 1.38 bits per heavy atom. The van der Waals surface area contributed by atoms with E-state index in [1.165, 1.54) is 26.9 Å². The van der Waals surface area contributed by atoms with Gasteiger partial charge >= 0.3 is 0 Å². The van der Waals surface area contributed by atoms with Crippen molar-refractivity contribution in [3.63, 3.8) is 0 Å². The zero-order valence-corrected chi connectivity index (χ0v) is 17.0. The van der Waals surface area contributed by atoms with Crippen LogP contribution in [0.2, 0.25) is 0 Å². The standard InChI is InChI=1S/C29H16N2O/c1-2-8-18-17(7-1)13-14-20-21-16-27-22(19-9-3-6-12-26(19)32-27)15-25(21)31-24-11-5-4-10-23(24)30-29(31)28(18)20/h1-16H. The molecule has 0 unspecified atom stereocenters. The highest BCUT2D eigenvalue weighted by atomic mass is 16.3. The summed E-state index contributed by atoms with van der Waals surface area (Å²) in [6.45, 7) is 0. The lowest BCUT2D eigenvalue weighted by atomic mass is 9.98. The van der Waals surface area contributed by atoms with Crippen LogP contribution >= 0.6 is 0 Å². The molecule has 0 atom stereocenters. The van der Waals surface area contributed by atoms with Gasteiger partial charge in [0.1, 0.15) is 16.8 Å². The summed E-state index contributed by atoms with van der Waals surface area (Å²) in [6.07, 6.45) is 0. The molecular weight excluding hydrogens is 392 g/mol. The second-order valence-electron chi connectivity index (χ2n) is 8.43. The molecule has 0 spiro atoms. The highest BCUT2D eigenvalue weighted by Crippen LogP contribution is 2.39. The fraction of sp³-hybridized carbons (Fsp3) is 0. The number of benzene rings is 5. The minimum Gasteiger partial charge on any atom is -0.456 e. The highest BCUT2D eigenvalue weighted by Gasteiger charge is 2.18. The Kier molecular flexibility index (Phi) is 2.89. The van der Waals surface area contributed by atoms with E-state index in [0.29, 0.717) is 0 Å². The number of imidazole rings is 1. The van der Waals surface area contributed by atoms with E-state index < -0.39 is 0 Å². The van der Waals surface area contributed by atoms with E-state index >= 15 is 0 Å². The quantitative estimate of drug-likeness (QED) is 0.239. The molecule has 5 aromatic carbocycles. The van der Waals surface area contributed by atoms with Crippen molar-refractivity contribution in [3.8, 4) is 0 Å². The van der Waals surface area contributed by atoms with Gasteiger partial charge in [-0.2, -0.15) is 0 Å². The Morgan fingerprint density at radius 1 is 0.562 bits per heavy atom. The summed E-state index contributed by atoms with van der Waals surface area (Å²) < 4.78 is 8.57. The zero-order chi connectivity index (χ0) is 20.8. The molecule has 0 saturated carbocycles. The number of aromatic nitrogens is 2. The van der Waals surface area contributed by atoms with Crippen LogP contribution in [-0.4, -0.2) is 9.38 Å². The maximum absolute atomic E-state index is 6.25. The van der Waals surface area contributed by atoms with Crippen molar-refractivity contribution >= 4 is 71.1 Å². The average molecular weight is 408 g/mol. The van der Waals surface area contributed by atoms with Gasteiger partial charge in [-0.15, -0.1) is 0 Å². The number of para-hydroxylation sites is 3. The van der Waals surface area contributed by atoms with Gasteiger partial charge in [-0.1, -0.05) is 66.7 Å². The van der Waals surface area contributed by atoms with Crippen LogP contribution in [0.3, 0.4) is 0 Å².